The zero-order chi connectivity index (χ0) is 11.3. The minimum absolute atomic E-state index is 0.0124. The summed E-state index contributed by atoms with van der Waals surface area (Å²) < 4.78 is 0. The average molecular weight is 210 g/mol. The maximum Gasteiger partial charge on any atom is 0.136 e. The van der Waals surface area contributed by atoms with Gasteiger partial charge in [-0.3, -0.25) is 4.79 Å². The second kappa shape index (κ2) is 6.04. The summed E-state index contributed by atoms with van der Waals surface area (Å²) in [6.45, 7) is 4.26. The molecule has 0 heterocycles. The maximum absolute atomic E-state index is 11.9. The van der Waals surface area contributed by atoms with Gasteiger partial charge in [0.15, 0.2) is 0 Å². The molecule has 1 rings (SSSR count). The molecular formula is C13H22O2. The van der Waals surface area contributed by atoms with Gasteiger partial charge in [-0.05, 0) is 25.2 Å². The highest BCUT2D eigenvalue weighted by Gasteiger charge is 2.29. The molecule has 0 aliphatic heterocycles. The van der Waals surface area contributed by atoms with Crippen molar-refractivity contribution in [2.24, 2.45) is 17.8 Å². The molecule has 86 valence electrons. The van der Waals surface area contributed by atoms with E-state index in [1.54, 1.807) is 0 Å². The largest absolute Gasteiger partial charge is 0.303 e. The Hall–Kier alpha value is -0.660. The first-order valence-electron chi connectivity index (χ1n) is 6.13. The molecule has 15 heavy (non-hydrogen) atoms. The van der Waals surface area contributed by atoms with Crippen molar-refractivity contribution in [3.63, 3.8) is 0 Å². The number of carbonyl (C=O) groups is 2. The molecule has 1 aliphatic carbocycles. The van der Waals surface area contributed by atoms with Crippen molar-refractivity contribution in [1.29, 1.82) is 0 Å². The van der Waals surface area contributed by atoms with E-state index in [-0.39, 0.29) is 11.8 Å². The first-order valence-corrected chi connectivity index (χ1v) is 6.13. The summed E-state index contributed by atoms with van der Waals surface area (Å²) in [5, 5.41) is 0. The summed E-state index contributed by atoms with van der Waals surface area (Å²) >= 11 is 0. The van der Waals surface area contributed by atoms with E-state index in [9.17, 15) is 9.59 Å². The molecule has 0 aromatic heterocycles. The molecule has 0 aromatic rings. The van der Waals surface area contributed by atoms with Crippen LogP contribution in [0.1, 0.15) is 52.4 Å². The SMILES string of the molecule is CC(C)CCC(=O)C1CCCCC1C=O. The Morgan fingerprint density at radius 3 is 2.60 bits per heavy atom. The molecule has 0 saturated heterocycles. The van der Waals surface area contributed by atoms with Gasteiger partial charge >= 0.3 is 0 Å². The van der Waals surface area contributed by atoms with Crippen LogP contribution in [-0.2, 0) is 9.59 Å². The van der Waals surface area contributed by atoms with Gasteiger partial charge in [0.2, 0.25) is 0 Å². The van der Waals surface area contributed by atoms with Gasteiger partial charge in [-0.25, -0.2) is 0 Å². The average Bonchev–Trinajstić information content (AvgIpc) is 2.25. The van der Waals surface area contributed by atoms with Gasteiger partial charge in [-0.15, -0.1) is 0 Å². The number of ketones is 1. The smallest absolute Gasteiger partial charge is 0.136 e. The van der Waals surface area contributed by atoms with Gasteiger partial charge in [0.25, 0.3) is 0 Å². The van der Waals surface area contributed by atoms with Crippen LogP contribution in [0.25, 0.3) is 0 Å². The third-order valence-corrected chi connectivity index (χ3v) is 3.38. The molecule has 0 aromatic carbocycles. The van der Waals surface area contributed by atoms with Crippen LogP contribution in [0.2, 0.25) is 0 Å². The van der Waals surface area contributed by atoms with Gasteiger partial charge in [-0.1, -0.05) is 26.7 Å². The number of carbonyl (C=O) groups excluding carboxylic acids is 2. The molecule has 0 radical (unpaired) electrons. The minimum atomic E-state index is 0.0124. The maximum atomic E-state index is 11.9. The standard InChI is InChI=1S/C13H22O2/c1-10(2)7-8-13(15)12-6-4-3-5-11(12)9-14/h9-12H,3-8H2,1-2H3. The molecule has 1 saturated carbocycles. The lowest BCUT2D eigenvalue weighted by Gasteiger charge is -2.26. The predicted molar refractivity (Wildman–Crippen MR) is 60.6 cm³/mol. The summed E-state index contributed by atoms with van der Waals surface area (Å²) in [4.78, 5) is 22.8. The highest BCUT2D eigenvalue weighted by atomic mass is 16.1. The molecule has 2 heteroatoms. The molecule has 0 spiro atoms. The Bertz CT molecular complexity index is 221. The van der Waals surface area contributed by atoms with Crippen molar-refractivity contribution in [2.75, 3.05) is 0 Å². The molecular weight excluding hydrogens is 188 g/mol. The van der Waals surface area contributed by atoms with Gasteiger partial charge in [0.05, 0.1) is 0 Å². The van der Waals surface area contributed by atoms with E-state index < -0.39 is 0 Å². The lowest BCUT2D eigenvalue weighted by atomic mass is 9.76. The second-order valence-corrected chi connectivity index (χ2v) is 5.09. The van der Waals surface area contributed by atoms with Crippen LogP contribution in [0, 0.1) is 17.8 Å². The Morgan fingerprint density at radius 1 is 1.33 bits per heavy atom. The Morgan fingerprint density at radius 2 is 2.00 bits per heavy atom. The van der Waals surface area contributed by atoms with E-state index >= 15 is 0 Å². The predicted octanol–water partition coefficient (Wildman–Crippen LogP) is 3.00. The summed E-state index contributed by atoms with van der Waals surface area (Å²) in [6.07, 6.45) is 6.69. The monoisotopic (exact) mass is 210 g/mol. The van der Waals surface area contributed by atoms with E-state index in [0.717, 1.165) is 38.4 Å². The Kier molecular flexibility index (Phi) is 5.00. The Balaban J connectivity index is 2.44. The van der Waals surface area contributed by atoms with Crippen molar-refractivity contribution in [1.82, 2.24) is 0 Å². The van der Waals surface area contributed by atoms with E-state index in [2.05, 4.69) is 13.8 Å². The van der Waals surface area contributed by atoms with Gasteiger partial charge in [0.1, 0.15) is 12.1 Å². The van der Waals surface area contributed by atoms with E-state index in [0.29, 0.717) is 18.1 Å². The lowest BCUT2D eigenvalue weighted by Crippen LogP contribution is -2.28. The fourth-order valence-electron chi connectivity index (χ4n) is 2.34. The molecule has 2 unspecified atom stereocenters. The van der Waals surface area contributed by atoms with Gasteiger partial charge < -0.3 is 4.79 Å². The highest BCUT2D eigenvalue weighted by Crippen LogP contribution is 2.30. The van der Waals surface area contributed by atoms with Crippen LogP contribution in [0.4, 0.5) is 0 Å². The number of Topliss-reactive ketones (excluding diaryl/α,β-unsaturated/α-hetero) is 1. The first-order chi connectivity index (χ1) is 7.15. The van der Waals surface area contributed by atoms with Crippen molar-refractivity contribution in [3.05, 3.63) is 0 Å². The normalized spacial score (nSPS) is 26.6. The van der Waals surface area contributed by atoms with E-state index in [1.165, 1.54) is 0 Å². The number of rotatable bonds is 5. The number of hydrogen-bond acceptors (Lipinski definition) is 2. The van der Waals surface area contributed by atoms with Crippen LogP contribution in [0.3, 0.4) is 0 Å². The molecule has 0 N–H and O–H groups in total. The zero-order valence-corrected chi connectivity index (χ0v) is 9.87. The molecule has 0 amide bonds. The van der Waals surface area contributed by atoms with Crippen LogP contribution in [-0.4, -0.2) is 12.1 Å². The van der Waals surface area contributed by atoms with Gasteiger partial charge in [-0.2, -0.15) is 0 Å². The number of aldehydes is 1. The van der Waals surface area contributed by atoms with Gasteiger partial charge in [0, 0.05) is 18.3 Å². The van der Waals surface area contributed by atoms with E-state index in [4.69, 9.17) is 0 Å². The summed E-state index contributed by atoms with van der Waals surface area (Å²) in [5.74, 6) is 0.945. The van der Waals surface area contributed by atoms with Crippen molar-refractivity contribution >= 4 is 12.1 Å². The molecule has 1 fully saturated rings. The third kappa shape index (κ3) is 3.77. The fourth-order valence-corrected chi connectivity index (χ4v) is 2.34. The van der Waals surface area contributed by atoms with Crippen LogP contribution >= 0.6 is 0 Å². The first kappa shape index (κ1) is 12.4. The van der Waals surface area contributed by atoms with Crippen LogP contribution in [0.15, 0.2) is 0 Å². The van der Waals surface area contributed by atoms with Crippen LogP contribution < -0.4 is 0 Å². The van der Waals surface area contributed by atoms with Crippen molar-refractivity contribution < 1.29 is 9.59 Å². The highest BCUT2D eigenvalue weighted by molar-refractivity contribution is 5.84. The minimum Gasteiger partial charge on any atom is -0.303 e. The van der Waals surface area contributed by atoms with Crippen molar-refractivity contribution in [3.8, 4) is 0 Å². The molecule has 2 atom stereocenters. The summed E-state index contributed by atoms with van der Waals surface area (Å²) in [6, 6.07) is 0. The zero-order valence-electron chi connectivity index (χ0n) is 9.87. The fraction of sp³-hybridized carbons (Fsp3) is 0.846. The Labute approximate surface area is 92.4 Å². The quantitative estimate of drug-likeness (QED) is 0.654. The lowest BCUT2D eigenvalue weighted by molar-refractivity contribution is -0.129. The van der Waals surface area contributed by atoms with Crippen LogP contribution in [0.5, 0.6) is 0 Å². The summed E-state index contributed by atoms with van der Waals surface area (Å²) in [5.41, 5.74) is 0. The van der Waals surface area contributed by atoms with E-state index in [1.807, 2.05) is 0 Å². The molecule has 1 aliphatic rings. The molecule has 2 nitrogen and oxygen atoms in total. The topological polar surface area (TPSA) is 34.1 Å². The number of hydrogen-bond donors (Lipinski definition) is 0. The van der Waals surface area contributed by atoms with Crippen molar-refractivity contribution in [2.45, 2.75) is 52.4 Å². The molecule has 0 bridgehead atoms. The second-order valence-electron chi connectivity index (χ2n) is 5.09. The third-order valence-electron chi connectivity index (χ3n) is 3.38. The summed E-state index contributed by atoms with van der Waals surface area (Å²) in [7, 11) is 0.